The van der Waals surface area contributed by atoms with Crippen molar-refractivity contribution < 1.29 is 4.74 Å². The number of nitrogens with one attached hydrogen (secondary N) is 2. The summed E-state index contributed by atoms with van der Waals surface area (Å²) >= 11 is 0. The van der Waals surface area contributed by atoms with E-state index in [0.29, 0.717) is 19.2 Å². The molecule has 1 saturated heterocycles. The van der Waals surface area contributed by atoms with Gasteiger partial charge in [-0.15, -0.1) is 24.0 Å². The first kappa shape index (κ1) is 20.6. The Morgan fingerprint density at radius 3 is 2.69 bits per heavy atom. The molecule has 0 aliphatic carbocycles. The molecule has 1 unspecified atom stereocenters. The van der Waals surface area contributed by atoms with Gasteiger partial charge in [0.2, 0.25) is 0 Å². The summed E-state index contributed by atoms with van der Waals surface area (Å²) in [5, 5.41) is 6.79. The second-order valence-corrected chi connectivity index (χ2v) is 6.18. The number of rotatable bonds is 7. The van der Waals surface area contributed by atoms with Crippen LogP contribution in [0.2, 0.25) is 0 Å². The van der Waals surface area contributed by atoms with Gasteiger partial charge in [-0.1, -0.05) is 36.4 Å². The van der Waals surface area contributed by atoms with Gasteiger partial charge in [0.25, 0.3) is 0 Å². The van der Waals surface area contributed by atoms with Crippen molar-refractivity contribution >= 4 is 29.9 Å². The number of halogens is 1. The predicted octanol–water partition coefficient (Wildman–Crippen LogP) is 3.50. The van der Waals surface area contributed by atoms with E-state index < -0.39 is 0 Å². The highest BCUT2D eigenvalue weighted by Crippen LogP contribution is 2.14. The standard InChI is InChI=1S/C20H26N4O.HI/c1-2-7-17(8-3-1)15-23-20(22-13-11-19-10-6-14-25-19)24-16-18-9-4-5-12-21-18;/h1-5,7-9,12,19H,6,10-11,13-16H2,(H2,22,23,24);1H. The van der Waals surface area contributed by atoms with E-state index >= 15 is 0 Å². The molecule has 3 rings (SSSR count). The van der Waals surface area contributed by atoms with Crippen LogP contribution in [0.25, 0.3) is 0 Å². The van der Waals surface area contributed by atoms with Crippen molar-refractivity contribution in [3.63, 3.8) is 0 Å². The third-order valence-corrected chi connectivity index (χ3v) is 4.21. The van der Waals surface area contributed by atoms with Gasteiger partial charge in [-0.2, -0.15) is 0 Å². The third-order valence-electron chi connectivity index (χ3n) is 4.21. The Balaban J connectivity index is 0.00000243. The van der Waals surface area contributed by atoms with Crippen LogP contribution in [0.4, 0.5) is 0 Å². The van der Waals surface area contributed by atoms with E-state index in [2.05, 4.69) is 27.8 Å². The summed E-state index contributed by atoms with van der Waals surface area (Å²) in [5.41, 5.74) is 2.19. The zero-order valence-corrected chi connectivity index (χ0v) is 17.3. The zero-order valence-electron chi connectivity index (χ0n) is 14.9. The molecule has 1 fully saturated rings. The highest BCUT2D eigenvalue weighted by Gasteiger charge is 2.14. The van der Waals surface area contributed by atoms with Crippen LogP contribution in [0, 0.1) is 0 Å². The van der Waals surface area contributed by atoms with Crippen molar-refractivity contribution in [3.8, 4) is 0 Å². The average Bonchev–Trinajstić information content (AvgIpc) is 3.19. The average molecular weight is 466 g/mol. The highest BCUT2D eigenvalue weighted by molar-refractivity contribution is 14.0. The molecule has 6 heteroatoms. The molecule has 1 atom stereocenters. The summed E-state index contributed by atoms with van der Waals surface area (Å²) in [4.78, 5) is 9.05. The zero-order chi connectivity index (χ0) is 17.2. The van der Waals surface area contributed by atoms with E-state index in [-0.39, 0.29) is 24.0 Å². The molecule has 5 nitrogen and oxygen atoms in total. The number of guanidine groups is 1. The molecular formula is C20H27IN4O. The van der Waals surface area contributed by atoms with Crippen molar-refractivity contribution in [3.05, 3.63) is 66.0 Å². The maximum absolute atomic E-state index is 5.68. The Morgan fingerprint density at radius 1 is 1.12 bits per heavy atom. The first-order valence-corrected chi connectivity index (χ1v) is 8.98. The maximum atomic E-state index is 5.68. The summed E-state index contributed by atoms with van der Waals surface area (Å²) in [7, 11) is 0. The van der Waals surface area contributed by atoms with Crippen molar-refractivity contribution in [2.24, 2.45) is 4.99 Å². The number of hydrogen-bond donors (Lipinski definition) is 2. The van der Waals surface area contributed by atoms with Crippen LogP contribution in [-0.2, 0) is 17.8 Å². The lowest BCUT2D eigenvalue weighted by molar-refractivity contribution is 0.105. The molecule has 1 aromatic heterocycles. The fraction of sp³-hybridized carbons (Fsp3) is 0.400. The number of hydrogen-bond acceptors (Lipinski definition) is 3. The minimum atomic E-state index is 0. The minimum absolute atomic E-state index is 0. The molecule has 1 aliphatic rings. The maximum Gasteiger partial charge on any atom is 0.191 e. The van der Waals surface area contributed by atoms with E-state index in [4.69, 9.17) is 9.73 Å². The van der Waals surface area contributed by atoms with Crippen LogP contribution in [-0.4, -0.2) is 30.2 Å². The fourth-order valence-corrected chi connectivity index (χ4v) is 2.83. The van der Waals surface area contributed by atoms with Gasteiger partial charge in [0.05, 0.1) is 24.9 Å². The Kier molecular flexibility index (Phi) is 9.41. The van der Waals surface area contributed by atoms with Crippen molar-refractivity contribution in [2.75, 3.05) is 13.2 Å². The number of pyridine rings is 1. The molecule has 1 aromatic carbocycles. The number of aromatic nitrogens is 1. The Hall–Kier alpha value is -1.67. The molecule has 0 spiro atoms. The van der Waals surface area contributed by atoms with Crippen LogP contribution < -0.4 is 10.6 Å². The SMILES string of the molecule is I.c1ccc(CN=C(NCCC2CCCO2)NCc2ccccn2)cc1. The van der Waals surface area contributed by atoms with Crippen molar-refractivity contribution in [1.29, 1.82) is 0 Å². The molecular weight excluding hydrogens is 439 g/mol. The smallest absolute Gasteiger partial charge is 0.191 e. The van der Waals surface area contributed by atoms with Gasteiger partial charge in [0.15, 0.2) is 5.96 Å². The summed E-state index contributed by atoms with van der Waals surface area (Å²) < 4.78 is 5.68. The van der Waals surface area contributed by atoms with Gasteiger partial charge < -0.3 is 15.4 Å². The van der Waals surface area contributed by atoms with Gasteiger partial charge in [-0.25, -0.2) is 4.99 Å². The van der Waals surface area contributed by atoms with E-state index in [1.807, 2.05) is 42.6 Å². The molecule has 26 heavy (non-hydrogen) atoms. The van der Waals surface area contributed by atoms with Gasteiger partial charge in [0.1, 0.15) is 0 Å². The summed E-state index contributed by atoms with van der Waals surface area (Å²) in [6.45, 7) is 3.06. The second kappa shape index (κ2) is 11.9. The van der Waals surface area contributed by atoms with Crippen LogP contribution in [0.15, 0.2) is 59.7 Å². The van der Waals surface area contributed by atoms with Crippen LogP contribution in [0.5, 0.6) is 0 Å². The number of ether oxygens (including phenoxy) is 1. The lowest BCUT2D eigenvalue weighted by atomic mass is 10.2. The lowest BCUT2D eigenvalue weighted by Gasteiger charge is -2.14. The lowest BCUT2D eigenvalue weighted by Crippen LogP contribution is -2.38. The van der Waals surface area contributed by atoms with E-state index in [1.54, 1.807) is 0 Å². The second-order valence-electron chi connectivity index (χ2n) is 6.18. The Labute approximate surface area is 172 Å². The van der Waals surface area contributed by atoms with E-state index in [1.165, 1.54) is 18.4 Å². The predicted molar refractivity (Wildman–Crippen MR) is 116 cm³/mol. The summed E-state index contributed by atoms with van der Waals surface area (Å²) in [6.07, 6.45) is 5.55. The van der Waals surface area contributed by atoms with E-state index in [0.717, 1.165) is 31.2 Å². The highest BCUT2D eigenvalue weighted by atomic mass is 127. The topological polar surface area (TPSA) is 58.5 Å². The number of benzene rings is 1. The monoisotopic (exact) mass is 466 g/mol. The number of nitrogens with zero attached hydrogens (tertiary/aromatic N) is 2. The van der Waals surface area contributed by atoms with Crippen molar-refractivity contribution in [1.82, 2.24) is 15.6 Å². The Bertz CT molecular complexity index is 645. The van der Waals surface area contributed by atoms with Crippen LogP contribution >= 0.6 is 24.0 Å². The molecule has 2 heterocycles. The normalized spacial score (nSPS) is 16.8. The number of aliphatic imine (C=N–C) groups is 1. The fourth-order valence-electron chi connectivity index (χ4n) is 2.83. The largest absolute Gasteiger partial charge is 0.378 e. The van der Waals surface area contributed by atoms with Crippen LogP contribution in [0.1, 0.15) is 30.5 Å². The quantitative estimate of drug-likeness (QED) is 0.373. The molecule has 0 radical (unpaired) electrons. The van der Waals surface area contributed by atoms with Gasteiger partial charge in [0, 0.05) is 19.3 Å². The van der Waals surface area contributed by atoms with Crippen molar-refractivity contribution in [2.45, 2.75) is 38.5 Å². The minimum Gasteiger partial charge on any atom is -0.378 e. The molecule has 2 N–H and O–H groups in total. The third kappa shape index (κ3) is 7.29. The summed E-state index contributed by atoms with van der Waals surface area (Å²) in [6, 6.07) is 16.2. The molecule has 0 bridgehead atoms. The summed E-state index contributed by atoms with van der Waals surface area (Å²) in [5.74, 6) is 0.813. The first-order chi connectivity index (χ1) is 12.4. The van der Waals surface area contributed by atoms with Gasteiger partial charge in [-0.05, 0) is 37.0 Å². The molecule has 0 amide bonds. The molecule has 2 aromatic rings. The van der Waals surface area contributed by atoms with Gasteiger partial charge >= 0.3 is 0 Å². The van der Waals surface area contributed by atoms with Gasteiger partial charge in [-0.3, -0.25) is 4.98 Å². The Morgan fingerprint density at radius 2 is 1.96 bits per heavy atom. The molecule has 1 aliphatic heterocycles. The molecule has 140 valence electrons. The first-order valence-electron chi connectivity index (χ1n) is 8.98. The van der Waals surface area contributed by atoms with E-state index in [9.17, 15) is 0 Å². The molecule has 0 saturated carbocycles. The van der Waals surface area contributed by atoms with Crippen LogP contribution in [0.3, 0.4) is 0 Å².